The number of aromatic nitrogens is 1. The summed E-state index contributed by atoms with van der Waals surface area (Å²) in [6, 6.07) is 13.0. The SMILES string of the molecule is COCCN1C(=O)c2ccccc2[C@@H](C(=O)Nc2ccccn2)C12CCCCC2. The van der Waals surface area contributed by atoms with E-state index in [4.69, 9.17) is 4.74 Å². The first-order chi connectivity index (χ1) is 14.2. The fourth-order valence-electron chi connectivity index (χ4n) is 4.99. The molecule has 0 saturated heterocycles. The van der Waals surface area contributed by atoms with Crippen molar-refractivity contribution in [2.45, 2.75) is 43.6 Å². The fraction of sp³-hybridized carbons (Fsp3) is 0.435. The van der Waals surface area contributed by atoms with E-state index in [1.165, 1.54) is 0 Å². The number of hydrogen-bond acceptors (Lipinski definition) is 4. The number of carbonyl (C=O) groups excluding carboxylic acids is 2. The van der Waals surface area contributed by atoms with Gasteiger partial charge in [-0.05, 0) is 36.6 Å². The third-order valence-corrected chi connectivity index (χ3v) is 6.24. The average molecular weight is 393 g/mol. The lowest BCUT2D eigenvalue weighted by Gasteiger charge is -2.53. The number of rotatable bonds is 5. The molecule has 1 aliphatic heterocycles. The molecule has 6 nitrogen and oxygen atoms in total. The Hall–Kier alpha value is -2.73. The van der Waals surface area contributed by atoms with Crippen LogP contribution in [-0.2, 0) is 9.53 Å². The molecule has 6 heteroatoms. The molecule has 1 atom stereocenters. The molecule has 0 unspecified atom stereocenters. The second-order valence-corrected chi connectivity index (χ2v) is 7.84. The van der Waals surface area contributed by atoms with Crippen molar-refractivity contribution in [1.82, 2.24) is 9.88 Å². The molecular formula is C23H27N3O3. The number of hydrogen-bond donors (Lipinski definition) is 1. The number of carbonyl (C=O) groups is 2. The van der Waals surface area contributed by atoms with Gasteiger partial charge in [0.2, 0.25) is 5.91 Å². The van der Waals surface area contributed by atoms with E-state index < -0.39 is 11.5 Å². The van der Waals surface area contributed by atoms with Crippen LogP contribution in [0.15, 0.2) is 48.7 Å². The summed E-state index contributed by atoms with van der Waals surface area (Å²) in [5.74, 6) is -0.00810. The molecule has 0 bridgehead atoms. The van der Waals surface area contributed by atoms with Gasteiger partial charge in [-0.1, -0.05) is 43.5 Å². The summed E-state index contributed by atoms with van der Waals surface area (Å²) in [4.78, 5) is 33.2. The number of fused-ring (bicyclic) bond motifs is 1. The minimum absolute atomic E-state index is 0.00133. The molecule has 1 saturated carbocycles. The van der Waals surface area contributed by atoms with Crippen molar-refractivity contribution in [2.75, 3.05) is 25.6 Å². The molecule has 152 valence electrons. The van der Waals surface area contributed by atoms with E-state index in [1.54, 1.807) is 19.4 Å². The zero-order chi connectivity index (χ0) is 20.3. The van der Waals surface area contributed by atoms with Gasteiger partial charge in [0.25, 0.3) is 5.91 Å². The first-order valence-corrected chi connectivity index (χ1v) is 10.3. The van der Waals surface area contributed by atoms with E-state index in [0.29, 0.717) is 24.5 Å². The second-order valence-electron chi connectivity index (χ2n) is 7.84. The number of nitrogens with zero attached hydrogens (tertiary/aromatic N) is 2. The van der Waals surface area contributed by atoms with Gasteiger partial charge in [0.1, 0.15) is 5.82 Å². The van der Waals surface area contributed by atoms with Crippen LogP contribution in [0.4, 0.5) is 5.82 Å². The lowest BCUT2D eigenvalue weighted by Crippen LogP contribution is -2.62. The summed E-state index contributed by atoms with van der Waals surface area (Å²) in [5, 5.41) is 3.00. The highest BCUT2D eigenvalue weighted by molar-refractivity contribution is 6.04. The van der Waals surface area contributed by atoms with Crippen LogP contribution in [0.25, 0.3) is 0 Å². The van der Waals surface area contributed by atoms with E-state index in [-0.39, 0.29) is 11.8 Å². The summed E-state index contributed by atoms with van der Waals surface area (Å²) >= 11 is 0. The van der Waals surface area contributed by atoms with Gasteiger partial charge >= 0.3 is 0 Å². The fourth-order valence-corrected chi connectivity index (χ4v) is 4.99. The maximum Gasteiger partial charge on any atom is 0.254 e. The molecule has 1 spiro atoms. The van der Waals surface area contributed by atoms with Crippen LogP contribution >= 0.6 is 0 Å². The third kappa shape index (κ3) is 3.53. The van der Waals surface area contributed by atoms with Gasteiger partial charge in [0, 0.05) is 25.4 Å². The lowest BCUT2D eigenvalue weighted by molar-refractivity contribution is -0.122. The van der Waals surface area contributed by atoms with Crippen LogP contribution in [-0.4, -0.2) is 47.5 Å². The standard InChI is InChI=1S/C23H27N3O3/c1-29-16-15-26-22(28)18-10-4-3-9-17(18)20(23(26)12-6-2-7-13-23)21(27)25-19-11-5-8-14-24-19/h3-5,8-11,14,20H,2,6-7,12-13,15-16H2,1H3,(H,24,25,27)/t20-/m0/s1. The first kappa shape index (κ1) is 19.6. The Morgan fingerprint density at radius 1 is 1.17 bits per heavy atom. The Balaban J connectivity index is 1.80. The van der Waals surface area contributed by atoms with Gasteiger partial charge in [-0.15, -0.1) is 0 Å². The van der Waals surface area contributed by atoms with Gasteiger partial charge in [0.05, 0.1) is 18.1 Å². The number of pyridine rings is 1. The predicted octanol–water partition coefficient (Wildman–Crippen LogP) is 3.61. The molecule has 1 aromatic carbocycles. The first-order valence-electron chi connectivity index (χ1n) is 10.3. The molecule has 4 rings (SSSR count). The van der Waals surface area contributed by atoms with Crippen molar-refractivity contribution < 1.29 is 14.3 Å². The molecule has 2 amide bonds. The molecule has 2 aliphatic rings. The van der Waals surface area contributed by atoms with E-state index >= 15 is 0 Å². The van der Waals surface area contributed by atoms with E-state index in [2.05, 4.69) is 10.3 Å². The molecule has 2 heterocycles. The van der Waals surface area contributed by atoms with Crippen molar-refractivity contribution >= 4 is 17.6 Å². The van der Waals surface area contributed by atoms with Crippen molar-refractivity contribution in [3.05, 3.63) is 59.8 Å². The van der Waals surface area contributed by atoms with Gasteiger partial charge in [-0.2, -0.15) is 0 Å². The highest BCUT2D eigenvalue weighted by Crippen LogP contribution is 2.49. The number of anilines is 1. The monoisotopic (exact) mass is 393 g/mol. The normalized spacial score (nSPS) is 20.4. The number of methoxy groups -OCH3 is 1. The van der Waals surface area contributed by atoms with Crippen LogP contribution < -0.4 is 5.32 Å². The molecule has 1 aromatic heterocycles. The van der Waals surface area contributed by atoms with E-state index in [1.807, 2.05) is 41.3 Å². The van der Waals surface area contributed by atoms with Crippen molar-refractivity contribution in [3.63, 3.8) is 0 Å². The van der Waals surface area contributed by atoms with Gasteiger partial charge < -0.3 is 15.0 Å². The van der Waals surface area contributed by atoms with Crippen LogP contribution in [0.5, 0.6) is 0 Å². The Morgan fingerprint density at radius 3 is 2.66 bits per heavy atom. The third-order valence-electron chi connectivity index (χ3n) is 6.24. The topological polar surface area (TPSA) is 71.5 Å². The van der Waals surface area contributed by atoms with E-state index in [0.717, 1.165) is 37.7 Å². The highest BCUT2D eigenvalue weighted by atomic mass is 16.5. The molecule has 1 aliphatic carbocycles. The summed E-state index contributed by atoms with van der Waals surface area (Å²) < 4.78 is 5.30. The molecule has 1 N–H and O–H groups in total. The Morgan fingerprint density at radius 2 is 1.93 bits per heavy atom. The molecule has 1 fully saturated rings. The van der Waals surface area contributed by atoms with E-state index in [9.17, 15) is 9.59 Å². The Bertz CT molecular complexity index is 878. The zero-order valence-corrected chi connectivity index (χ0v) is 16.8. The number of amides is 2. The predicted molar refractivity (Wildman–Crippen MR) is 111 cm³/mol. The van der Waals surface area contributed by atoms with Gasteiger partial charge in [-0.25, -0.2) is 4.98 Å². The molecule has 29 heavy (non-hydrogen) atoms. The van der Waals surface area contributed by atoms with Gasteiger partial charge in [-0.3, -0.25) is 9.59 Å². The largest absolute Gasteiger partial charge is 0.383 e. The van der Waals surface area contributed by atoms with Crippen LogP contribution in [0.3, 0.4) is 0 Å². The quantitative estimate of drug-likeness (QED) is 0.842. The average Bonchev–Trinajstić information content (AvgIpc) is 2.75. The lowest BCUT2D eigenvalue weighted by atomic mass is 9.65. The molecule has 0 radical (unpaired) electrons. The summed E-state index contributed by atoms with van der Waals surface area (Å²) in [5.41, 5.74) is 0.906. The summed E-state index contributed by atoms with van der Waals surface area (Å²) in [7, 11) is 1.64. The summed E-state index contributed by atoms with van der Waals surface area (Å²) in [6.07, 6.45) is 6.44. The highest BCUT2D eigenvalue weighted by Gasteiger charge is 2.54. The van der Waals surface area contributed by atoms with Crippen molar-refractivity contribution in [1.29, 1.82) is 0 Å². The second kappa shape index (κ2) is 8.33. The maximum absolute atomic E-state index is 13.6. The number of benzene rings is 1. The zero-order valence-electron chi connectivity index (χ0n) is 16.8. The van der Waals surface area contributed by atoms with Crippen LogP contribution in [0.2, 0.25) is 0 Å². The minimum Gasteiger partial charge on any atom is -0.383 e. The molecule has 2 aromatic rings. The Kier molecular flexibility index (Phi) is 5.62. The summed E-state index contributed by atoms with van der Waals surface area (Å²) in [6.45, 7) is 0.932. The molecular weight excluding hydrogens is 366 g/mol. The maximum atomic E-state index is 13.6. The van der Waals surface area contributed by atoms with Crippen molar-refractivity contribution in [2.24, 2.45) is 0 Å². The van der Waals surface area contributed by atoms with Gasteiger partial charge in [0.15, 0.2) is 0 Å². The Labute approximate surface area is 171 Å². The number of ether oxygens (including phenoxy) is 1. The number of nitrogens with one attached hydrogen (secondary N) is 1. The van der Waals surface area contributed by atoms with Crippen molar-refractivity contribution in [3.8, 4) is 0 Å². The van der Waals surface area contributed by atoms with Crippen LogP contribution in [0.1, 0.15) is 53.9 Å². The van der Waals surface area contributed by atoms with Crippen LogP contribution in [0, 0.1) is 0 Å². The minimum atomic E-state index is -0.527. The smallest absolute Gasteiger partial charge is 0.254 e.